The molecule has 1 aromatic rings. The van der Waals surface area contributed by atoms with Gasteiger partial charge in [-0.3, -0.25) is 0 Å². The second-order valence-electron chi connectivity index (χ2n) is 5.77. The predicted octanol–water partition coefficient (Wildman–Crippen LogP) is 4.19. The molecule has 3 heteroatoms. The molecule has 1 atom stereocenters. The van der Waals surface area contributed by atoms with Crippen LogP contribution in [0.15, 0.2) is 18.2 Å². The van der Waals surface area contributed by atoms with Crippen molar-refractivity contribution in [2.45, 2.75) is 38.6 Å². The number of aryl methyl sites for hydroxylation is 1. The minimum Gasteiger partial charge on any atom is -0.496 e. The maximum absolute atomic E-state index is 5.51. The van der Waals surface area contributed by atoms with Gasteiger partial charge in [0.1, 0.15) is 5.75 Å². The molecule has 0 heterocycles. The lowest BCUT2D eigenvalue weighted by atomic mass is 10.0. The lowest BCUT2D eigenvalue weighted by Gasteiger charge is -2.20. The summed E-state index contributed by atoms with van der Waals surface area (Å²) < 4.78 is 5.51. The number of ether oxygens (including phenoxy) is 1. The Kier molecular flexibility index (Phi) is 6.24. The third kappa shape index (κ3) is 4.16. The highest BCUT2D eigenvalue weighted by Gasteiger charge is 2.18. The topological polar surface area (TPSA) is 21.3 Å². The smallest absolute Gasteiger partial charge is 0.123 e. The Hall–Kier alpha value is -0.670. The third-order valence-electron chi connectivity index (χ3n) is 4.22. The van der Waals surface area contributed by atoms with Crippen LogP contribution in [0.25, 0.3) is 0 Å². The van der Waals surface area contributed by atoms with Gasteiger partial charge in [0.2, 0.25) is 0 Å². The first kappa shape index (κ1) is 15.7. The number of methoxy groups -OCH3 is 1. The summed E-state index contributed by atoms with van der Waals surface area (Å²) in [6, 6.07) is 6.81. The summed E-state index contributed by atoms with van der Waals surface area (Å²) in [5.41, 5.74) is 2.58. The highest BCUT2D eigenvalue weighted by atomic mass is 32.2. The van der Waals surface area contributed by atoms with Crippen molar-refractivity contribution in [3.8, 4) is 5.75 Å². The molecular formula is C17H27NOS. The molecule has 1 N–H and O–H groups in total. The summed E-state index contributed by atoms with van der Waals surface area (Å²) in [7, 11) is 3.80. The number of hydrogen-bond acceptors (Lipinski definition) is 3. The molecule has 0 aliphatic heterocycles. The van der Waals surface area contributed by atoms with E-state index in [1.165, 1.54) is 42.6 Å². The van der Waals surface area contributed by atoms with Gasteiger partial charge in [0, 0.05) is 17.4 Å². The van der Waals surface area contributed by atoms with Crippen LogP contribution in [0.1, 0.15) is 42.9 Å². The molecule has 1 aliphatic rings. The Morgan fingerprint density at radius 1 is 1.35 bits per heavy atom. The lowest BCUT2D eigenvalue weighted by Crippen LogP contribution is -2.20. The molecule has 0 radical (unpaired) electrons. The van der Waals surface area contributed by atoms with E-state index in [-0.39, 0.29) is 0 Å². The van der Waals surface area contributed by atoms with Crippen molar-refractivity contribution in [1.29, 1.82) is 0 Å². The molecule has 1 unspecified atom stereocenters. The fraction of sp³-hybridized carbons (Fsp3) is 0.647. The van der Waals surface area contributed by atoms with E-state index in [2.05, 4.69) is 42.2 Å². The van der Waals surface area contributed by atoms with Gasteiger partial charge in [0.15, 0.2) is 0 Å². The van der Waals surface area contributed by atoms with Crippen LogP contribution in [0.4, 0.5) is 0 Å². The number of rotatable bonds is 7. The molecule has 0 aromatic heterocycles. The molecule has 20 heavy (non-hydrogen) atoms. The van der Waals surface area contributed by atoms with E-state index in [1.807, 2.05) is 7.05 Å². The van der Waals surface area contributed by atoms with Crippen LogP contribution in [0.3, 0.4) is 0 Å². The standard InChI is InChI=1S/C17H27NOS/c1-13-8-9-17(19-3)15(10-13)16(18-2)12-20-11-14-6-4-5-7-14/h8-10,14,16,18H,4-7,11-12H2,1-3H3. The fourth-order valence-electron chi connectivity index (χ4n) is 2.98. The maximum Gasteiger partial charge on any atom is 0.123 e. The second-order valence-corrected chi connectivity index (χ2v) is 6.85. The van der Waals surface area contributed by atoms with Gasteiger partial charge in [-0.2, -0.15) is 11.8 Å². The van der Waals surface area contributed by atoms with Gasteiger partial charge in [-0.1, -0.05) is 30.5 Å². The van der Waals surface area contributed by atoms with Crippen LogP contribution in [0.2, 0.25) is 0 Å². The van der Waals surface area contributed by atoms with Crippen LogP contribution in [0, 0.1) is 12.8 Å². The average Bonchev–Trinajstić information content (AvgIpc) is 2.97. The fourth-order valence-corrected chi connectivity index (χ4v) is 4.37. The van der Waals surface area contributed by atoms with Crippen molar-refractivity contribution < 1.29 is 4.74 Å². The van der Waals surface area contributed by atoms with Gasteiger partial charge < -0.3 is 10.1 Å². The normalized spacial score (nSPS) is 17.4. The number of nitrogens with one attached hydrogen (secondary N) is 1. The molecule has 0 bridgehead atoms. The van der Waals surface area contributed by atoms with Crippen molar-refractivity contribution in [3.63, 3.8) is 0 Å². The van der Waals surface area contributed by atoms with Gasteiger partial charge in [-0.15, -0.1) is 0 Å². The summed E-state index contributed by atoms with van der Waals surface area (Å²) >= 11 is 2.09. The third-order valence-corrected chi connectivity index (χ3v) is 5.50. The van der Waals surface area contributed by atoms with Crippen molar-refractivity contribution in [1.82, 2.24) is 5.32 Å². The Morgan fingerprint density at radius 2 is 2.10 bits per heavy atom. The van der Waals surface area contributed by atoms with E-state index in [1.54, 1.807) is 7.11 Å². The van der Waals surface area contributed by atoms with E-state index in [0.29, 0.717) is 6.04 Å². The van der Waals surface area contributed by atoms with Crippen LogP contribution in [0.5, 0.6) is 5.75 Å². The van der Waals surface area contributed by atoms with Crippen LogP contribution in [-0.2, 0) is 0 Å². The highest BCUT2D eigenvalue weighted by Crippen LogP contribution is 2.32. The van der Waals surface area contributed by atoms with Gasteiger partial charge in [-0.05, 0) is 44.6 Å². The predicted molar refractivity (Wildman–Crippen MR) is 88.8 cm³/mol. The summed E-state index contributed by atoms with van der Waals surface area (Å²) in [6.07, 6.45) is 5.74. The number of thioether (sulfide) groups is 1. The van der Waals surface area contributed by atoms with Gasteiger partial charge in [0.25, 0.3) is 0 Å². The largest absolute Gasteiger partial charge is 0.496 e. The SMILES string of the molecule is CNC(CSCC1CCCC1)c1cc(C)ccc1OC. The van der Waals surface area contributed by atoms with E-state index in [4.69, 9.17) is 4.74 Å². The van der Waals surface area contributed by atoms with Crippen molar-refractivity contribution >= 4 is 11.8 Å². The monoisotopic (exact) mass is 293 g/mol. The van der Waals surface area contributed by atoms with Gasteiger partial charge >= 0.3 is 0 Å². The Morgan fingerprint density at radius 3 is 2.75 bits per heavy atom. The van der Waals surface area contributed by atoms with Crippen molar-refractivity contribution in [2.24, 2.45) is 5.92 Å². The molecule has 112 valence electrons. The first-order valence-electron chi connectivity index (χ1n) is 7.64. The summed E-state index contributed by atoms with van der Waals surface area (Å²) in [4.78, 5) is 0. The van der Waals surface area contributed by atoms with Crippen molar-refractivity contribution in [3.05, 3.63) is 29.3 Å². The van der Waals surface area contributed by atoms with E-state index in [0.717, 1.165) is 17.4 Å². The van der Waals surface area contributed by atoms with E-state index in [9.17, 15) is 0 Å². The van der Waals surface area contributed by atoms with Crippen molar-refractivity contribution in [2.75, 3.05) is 25.7 Å². The van der Waals surface area contributed by atoms with Crippen LogP contribution >= 0.6 is 11.8 Å². The van der Waals surface area contributed by atoms with Crippen LogP contribution < -0.4 is 10.1 Å². The average molecular weight is 293 g/mol. The summed E-state index contributed by atoms with van der Waals surface area (Å²) in [6.45, 7) is 2.14. The van der Waals surface area contributed by atoms with E-state index < -0.39 is 0 Å². The minimum atomic E-state index is 0.372. The first-order valence-corrected chi connectivity index (χ1v) is 8.79. The quantitative estimate of drug-likeness (QED) is 0.814. The zero-order valence-electron chi connectivity index (χ0n) is 12.9. The highest BCUT2D eigenvalue weighted by molar-refractivity contribution is 7.99. The van der Waals surface area contributed by atoms with Gasteiger partial charge in [0.05, 0.1) is 7.11 Å². The summed E-state index contributed by atoms with van der Waals surface area (Å²) in [5, 5.41) is 3.44. The summed E-state index contributed by atoms with van der Waals surface area (Å²) in [5.74, 6) is 4.38. The molecule has 1 saturated carbocycles. The molecule has 1 aromatic carbocycles. The molecule has 2 rings (SSSR count). The number of hydrogen-bond donors (Lipinski definition) is 1. The Bertz CT molecular complexity index is 415. The molecule has 1 aliphatic carbocycles. The number of benzene rings is 1. The molecule has 0 amide bonds. The molecule has 1 fully saturated rings. The molecule has 0 spiro atoms. The molecular weight excluding hydrogens is 266 g/mol. The second kappa shape index (κ2) is 7.94. The van der Waals surface area contributed by atoms with Crippen LogP contribution in [-0.4, -0.2) is 25.7 Å². The van der Waals surface area contributed by atoms with Gasteiger partial charge in [-0.25, -0.2) is 0 Å². The zero-order valence-corrected chi connectivity index (χ0v) is 13.8. The zero-order chi connectivity index (χ0) is 14.4. The Labute approximate surface area is 127 Å². The molecule has 0 saturated heterocycles. The Balaban J connectivity index is 1.94. The minimum absolute atomic E-state index is 0.372. The molecule has 2 nitrogen and oxygen atoms in total. The lowest BCUT2D eigenvalue weighted by molar-refractivity contribution is 0.404. The first-order chi connectivity index (χ1) is 9.74. The van der Waals surface area contributed by atoms with E-state index >= 15 is 0 Å². The maximum atomic E-state index is 5.51.